The topological polar surface area (TPSA) is 90.0 Å². The summed E-state index contributed by atoms with van der Waals surface area (Å²) in [5.74, 6) is -2.35. The lowest BCUT2D eigenvalue weighted by atomic mass is 10.00. The molecule has 1 aromatic rings. The molecule has 2 aliphatic heterocycles. The maximum absolute atomic E-state index is 12.9. The Morgan fingerprint density at radius 3 is 2.28 bits per heavy atom. The van der Waals surface area contributed by atoms with E-state index < -0.39 is 26.6 Å². The van der Waals surface area contributed by atoms with Crippen LogP contribution in [0.5, 0.6) is 0 Å². The first-order valence-corrected chi connectivity index (χ1v) is 9.32. The molecule has 25 heavy (non-hydrogen) atoms. The van der Waals surface area contributed by atoms with Gasteiger partial charge in [-0.1, -0.05) is 24.3 Å². The van der Waals surface area contributed by atoms with Gasteiger partial charge < -0.3 is 14.4 Å². The molecule has 0 aliphatic carbocycles. The number of esters is 2. The molecule has 8 heteroatoms. The molecule has 0 radical (unpaired) electrons. The van der Waals surface area contributed by atoms with E-state index in [0.717, 1.165) is 15.9 Å². The number of hydrogen-bond donors (Lipinski definition) is 0. The lowest BCUT2D eigenvalue weighted by Gasteiger charge is -2.35. The van der Waals surface area contributed by atoms with Crippen molar-refractivity contribution in [2.75, 3.05) is 13.2 Å². The van der Waals surface area contributed by atoms with Gasteiger partial charge >= 0.3 is 16.8 Å². The summed E-state index contributed by atoms with van der Waals surface area (Å²) in [7, 11) is -4.35. The highest BCUT2D eigenvalue weighted by Crippen LogP contribution is 2.45. The Balaban J connectivity index is 2.25. The van der Waals surface area contributed by atoms with Crippen LogP contribution in [-0.4, -0.2) is 43.3 Å². The van der Waals surface area contributed by atoms with Gasteiger partial charge in [0.15, 0.2) is 0 Å². The van der Waals surface area contributed by atoms with Crippen molar-refractivity contribution >= 4 is 33.5 Å². The van der Waals surface area contributed by atoms with Gasteiger partial charge in [0.2, 0.25) is 9.84 Å². The third-order valence-corrected chi connectivity index (χ3v) is 5.91. The van der Waals surface area contributed by atoms with Gasteiger partial charge in [-0.15, -0.1) is 0 Å². The Labute approximate surface area is 145 Å². The molecule has 0 fully saturated rings. The van der Waals surface area contributed by atoms with Gasteiger partial charge in [-0.05, 0) is 25.5 Å². The first-order valence-electron chi connectivity index (χ1n) is 7.77. The van der Waals surface area contributed by atoms with Crippen LogP contribution in [0.1, 0.15) is 25.0 Å². The molecule has 0 bridgehead atoms. The van der Waals surface area contributed by atoms with E-state index in [2.05, 4.69) is 0 Å². The average Bonchev–Trinajstić information content (AvgIpc) is 2.82. The minimum absolute atomic E-state index is 0.0705. The Hall–Kier alpha value is -2.61. The SMILES string of the molecule is CCOC(=O)C1(C(=O)OCC)N2C=Cc3ccccc3C2=CS1(=O)=O. The maximum Gasteiger partial charge on any atom is 0.360 e. The number of carbonyl (C=O) groups excluding carboxylic acids is 2. The fourth-order valence-electron chi connectivity index (χ4n) is 2.97. The van der Waals surface area contributed by atoms with Crippen molar-refractivity contribution in [1.29, 1.82) is 0 Å². The second-order valence-corrected chi connectivity index (χ2v) is 7.32. The summed E-state index contributed by atoms with van der Waals surface area (Å²) in [5.41, 5.74) is 1.62. The van der Waals surface area contributed by atoms with Crippen LogP contribution in [0, 0.1) is 0 Å². The normalized spacial score (nSPS) is 18.8. The largest absolute Gasteiger partial charge is 0.463 e. The van der Waals surface area contributed by atoms with Crippen molar-refractivity contribution in [3.8, 4) is 0 Å². The van der Waals surface area contributed by atoms with Crippen molar-refractivity contribution in [2.24, 2.45) is 0 Å². The zero-order valence-corrected chi connectivity index (χ0v) is 14.6. The minimum Gasteiger partial charge on any atom is -0.463 e. The van der Waals surface area contributed by atoms with Crippen LogP contribution < -0.4 is 0 Å². The predicted molar refractivity (Wildman–Crippen MR) is 90.2 cm³/mol. The molecule has 0 atom stereocenters. The number of carbonyl (C=O) groups is 2. The second kappa shape index (κ2) is 6.03. The van der Waals surface area contributed by atoms with Gasteiger partial charge in [-0.2, -0.15) is 0 Å². The van der Waals surface area contributed by atoms with Crippen LogP contribution >= 0.6 is 0 Å². The minimum atomic E-state index is -4.35. The van der Waals surface area contributed by atoms with Crippen molar-refractivity contribution in [3.05, 3.63) is 47.0 Å². The molecule has 2 aliphatic rings. The first kappa shape index (κ1) is 17.2. The molecule has 2 heterocycles. The average molecular weight is 363 g/mol. The van der Waals surface area contributed by atoms with Gasteiger partial charge in [0.1, 0.15) is 0 Å². The Morgan fingerprint density at radius 1 is 1.08 bits per heavy atom. The smallest absolute Gasteiger partial charge is 0.360 e. The van der Waals surface area contributed by atoms with Crippen LogP contribution in [-0.2, 0) is 28.9 Å². The molecule has 7 nitrogen and oxygen atoms in total. The number of fused-ring (bicyclic) bond motifs is 3. The number of benzene rings is 1. The van der Waals surface area contributed by atoms with Crippen molar-refractivity contribution in [1.82, 2.24) is 4.90 Å². The van der Waals surface area contributed by atoms with Gasteiger partial charge in [0, 0.05) is 11.8 Å². The Morgan fingerprint density at radius 2 is 1.68 bits per heavy atom. The number of rotatable bonds is 4. The van der Waals surface area contributed by atoms with Gasteiger partial charge in [-0.25, -0.2) is 18.0 Å². The van der Waals surface area contributed by atoms with Crippen LogP contribution in [0.25, 0.3) is 11.8 Å². The van der Waals surface area contributed by atoms with E-state index in [1.807, 2.05) is 12.1 Å². The highest BCUT2D eigenvalue weighted by atomic mass is 32.2. The third kappa shape index (κ3) is 2.28. The van der Waals surface area contributed by atoms with Gasteiger partial charge in [0.25, 0.3) is 0 Å². The molecule has 0 saturated heterocycles. The fourth-order valence-corrected chi connectivity index (χ4v) is 4.70. The molecular formula is C17H17NO6S. The predicted octanol–water partition coefficient (Wildman–Crippen LogP) is 1.52. The molecule has 0 saturated carbocycles. The number of ether oxygens (including phenoxy) is 2. The Kier molecular flexibility index (Phi) is 4.16. The summed E-state index contributed by atoms with van der Waals surface area (Å²) in [5, 5.41) is 0.934. The van der Waals surface area contributed by atoms with E-state index in [1.54, 1.807) is 18.2 Å². The summed E-state index contributed by atoms with van der Waals surface area (Å²) in [6.07, 6.45) is 3.03. The standard InChI is InChI=1S/C17H17NO6S/c1-3-23-15(19)17(16(20)24-4-2)18-10-9-12-7-5-6-8-13(12)14(18)11-25(17,21)22/h5-11H,3-4H2,1-2H3. The molecule has 0 unspecified atom stereocenters. The molecule has 0 amide bonds. The molecule has 1 aromatic carbocycles. The van der Waals surface area contributed by atoms with E-state index in [1.165, 1.54) is 20.0 Å². The van der Waals surface area contributed by atoms with E-state index in [0.29, 0.717) is 5.56 Å². The lowest BCUT2D eigenvalue weighted by molar-refractivity contribution is -0.163. The molecule has 0 aromatic heterocycles. The maximum atomic E-state index is 12.9. The molecule has 0 spiro atoms. The highest BCUT2D eigenvalue weighted by Gasteiger charge is 2.67. The van der Waals surface area contributed by atoms with E-state index in [-0.39, 0.29) is 18.9 Å². The Bertz CT molecular complexity index is 881. The molecule has 132 valence electrons. The monoisotopic (exact) mass is 363 g/mol. The number of sulfone groups is 1. The van der Waals surface area contributed by atoms with Gasteiger partial charge in [0.05, 0.1) is 24.3 Å². The van der Waals surface area contributed by atoms with E-state index in [4.69, 9.17) is 9.47 Å². The highest BCUT2D eigenvalue weighted by molar-refractivity contribution is 7.97. The van der Waals surface area contributed by atoms with Crippen molar-refractivity contribution in [2.45, 2.75) is 18.7 Å². The summed E-state index contributed by atoms with van der Waals surface area (Å²) in [4.78, 5) is 23.8. The van der Waals surface area contributed by atoms with Crippen LogP contribution in [0.2, 0.25) is 0 Å². The first-order chi connectivity index (χ1) is 11.9. The second-order valence-electron chi connectivity index (χ2n) is 5.41. The van der Waals surface area contributed by atoms with E-state index >= 15 is 0 Å². The number of nitrogens with zero attached hydrogens (tertiary/aromatic N) is 1. The third-order valence-electron chi connectivity index (χ3n) is 4.02. The quantitative estimate of drug-likeness (QED) is 0.592. The number of hydrogen-bond acceptors (Lipinski definition) is 7. The lowest BCUT2D eigenvalue weighted by Crippen LogP contribution is -2.60. The molecular weight excluding hydrogens is 346 g/mol. The van der Waals surface area contributed by atoms with Crippen LogP contribution in [0.15, 0.2) is 35.9 Å². The van der Waals surface area contributed by atoms with Crippen LogP contribution in [0.4, 0.5) is 0 Å². The zero-order valence-electron chi connectivity index (χ0n) is 13.8. The fraction of sp³-hybridized carbons (Fsp3) is 0.294. The van der Waals surface area contributed by atoms with Crippen molar-refractivity contribution < 1.29 is 27.5 Å². The summed E-state index contributed by atoms with van der Waals surface area (Å²) >= 11 is 0. The van der Waals surface area contributed by atoms with E-state index in [9.17, 15) is 18.0 Å². The summed E-state index contributed by atoms with van der Waals surface area (Å²) in [6.45, 7) is 2.93. The van der Waals surface area contributed by atoms with Crippen LogP contribution in [0.3, 0.4) is 0 Å². The summed E-state index contributed by atoms with van der Waals surface area (Å²) < 4.78 is 35.8. The summed E-state index contributed by atoms with van der Waals surface area (Å²) in [6, 6.07) is 7.09. The molecule has 3 rings (SSSR count). The zero-order chi connectivity index (χ0) is 18.2. The molecule has 0 N–H and O–H groups in total. The van der Waals surface area contributed by atoms with Gasteiger partial charge in [-0.3, -0.25) is 0 Å². The van der Waals surface area contributed by atoms with Crippen molar-refractivity contribution in [3.63, 3.8) is 0 Å².